The summed E-state index contributed by atoms with van der Waals surface area (Å²) < 4.78 is 0. The summed E-state index contributed by atoms with van der Waals surface area (Å²) in [5, 5.41) is 0.870. The maximum absolute atomic E-state index is 11.5. The van der Waals surface area contributed by atoms with E-state index in [0.717, 1.165) is 22.2 Å². The third kappa shape index (κ3) is 2.42. The van der Waals surface area contributed by atoms with Gasteiger partial charge in [-0.05, 0) is 41.3 Å². The summed E-state index contributed by atoms with van der Waals surface area (Å²) >= 11 is 0. The average molecular weight is 278 g/mol. The minimum atomic E-state index is -0.401. The minimum absolute atomic E-state index is 0.401. The first-order valence-corrected chi connectivity index (χ1v) is 7.08. The van der Waals surface area contributed by atoms with E-state index in [1.54, 1.807) is 6.07 Å². The van der Waals surface area contributed by atoms with Crippen molar-refractivity contribution in [3.8, 4) is 11.3 Å². The van der Waals surface area contributed by atoms with Crippen LogP contribution in [0.25, 0.3) is 22.2 Å². The Morgan fingerprint density at radius 2 is 1.86 bits per heavy atom. The number of hydrogen-bond donors (Lipinski definition) is 2. The Balaban J connectivity index is 2.15. The summed E-state index contributed by atoms with van der Waals surface area (Å²) in [7, 11) is 0. The molecule has 0 radical (unpaired) electrons. The van der Waals surface area contributed by atoms with Crippen LogP contribution in [0.4, 0.5) is 0 Å². The van der Waals surface area contributed by atoms with E-state index < -0.39 is 5.91 Å². The number of fused-ring (bicyclic) bond motifs is 1. The molecule has 3 rings (SSSR count). The van der Waals surface area contributed by atoms with E-state index in [1.807, 2.05) is 18.2 Å². The fourth-order valence-electron chi connectivity index (χ4n) is 2.59. The number of H-pyrrole nitrogens is 1. The standard InChI is InChI=1S/C18H18N2O/c1-11(2)12-5-3-6-13(9-12)17-10-15-14(18(19)21)7-4-8-16(15)20-17/h3-11,20H,1-2H3,(H2,19,21). The molecule has 0 atom stereocenters. The second kappa shape index (κ2) is 5.09. The monoisotopic (exact) mass is 278 g/mol. The van der Waals surface area contributed by atoms with Crippen LogP contribution in [0.3, 0.4) is 0 Å². The number of carbonyl (C=O) groups excluding carboxylic acids is 1. The van der Waals surface area contributed by atoms with Crippen molar-refractivity contribution in [2.45, 2.75) is 19.8 Å². The molecule has 3 aromatic rings. The summed E-state index contributed by atoms with van der Waals surface area (Å²) in [4.78, 5) is 14.9. The maximum atomic E-state index is 11.5. The van der Waals surface area contributed by atoms with Crippen LogP contribution in [0.1, 0.15) is 35.7 Å². The zero-order chi connectivity index (χ0) is 15.0. The molecule has 0 fully saturated rings. The van der Waals surface area contributed by atoms with Crippen molar-refractivity contribution in [1.82, 2.24) is 4.98 Å². The number of benzene rings is 2. The quantitative estimate of drug-likeness (QED) is 0.745. The second-order valence-corrected chi connectivity index (χ2v) is 5.59. The highest BCUT2D eigenvalue weighted by atomic mass is 16.1. The first-order chi connectivity index (χ1) is 10.1. The van der Waals surface area contributed by atoms with E-state index in [0.29, 0.717) is 11.5 Å². The molecule has 0 aliphatic carbocycles. The van der Waals surface area contributed by atoms with Crippen LogP contribution in [0.2, 0.25) is 0 Å². The predicted octanol–water partition coefficient (Wildman–Crippen LogP) is 4.06. The highest BCUT2D eigenvalue weighted by molar-refractivity contribution is 6.06. The van der Waals surface area contributed by atoms with Gasteiger partial charge in [0.05, 0.1) is 0 Å². The topological polar surface area (TPSA) is 58.9 Å². The van der Waals surface area contributed by atoms with E-state index in [2.05, 4.69) is 43.1 Å². The molecule has 0 saturated carbocycles. The zero-order valence-corrected chi connectivity index (χ0v) is 12.2. The molecule has 2 aromatic carbocycles. The fraction of sp³-hybridized carbons (Fsp3) is 0.167. The molecule has 0 aliphatic heterocycles. The van der Waals surface area contributed by atoms with E-state index in [1.165, 1.54) is 5.56 Å². The minimum Gasteiger partial charge on any atom is -0.366 e. The van der Waals surface area contributed by atoms with E-state index in [-0.39, 0.29) is 0 Å². The lowest BCUT2D eigenvalue weighted by Gasteiger charge is -2.06. The Kier molecular flexibility index (Phi) is 3.26. The van der Waals surface area contributed by atoms with Gasteiger partial charge in [0.2, 0.25) is 5.91 Å². The number of hydrogen-bond acceptors (Lipinski definition) is 1. The molecule has 0 bridgehead atoms. The average Bonchev–Trinajstić information content (AvgIpc) is 2.91. The van der Waals surface area contributed by atoms with E-state index in [4.69, 9.17) is 5.73 Å². The first kappa shape index (κ1) is 13.4. The SMILES string of the molecule is CC(C)c1cccc(-c2cc3c(C(N)=O)cccc3[nH]2)c1. The molecule has 1 heterocycles. The Morgan fingerprint density at radius 1 is 1.10 bits per heavy atom. The predicted molar refractivity (Wildman–Crippen MR) is 86.3 cm³/mol. The Hall–Kier alpha value is -2.55. The number of nitrogens with two attached hydrogens (primary N) is 1. The van der Waals surface area contributed by atoms with Gasteiger partial charge in [0.1, 0.15) is 0 Å². The van der Waals surface area contributed by atoms with Gasteiger partial charge in [0.25, 0.3) is 0 Å². The summed E-state index contributed by atoms with van der Waals surface area (Å²) in [6.45, 7) is 4.35. The van der Waals surface area contributed by atoms with Crippen LogP contribution < -0.4 is 5.73 Å². The fourth-order valence-corrected chi connectivity index (χ4v) is 2.59. The number of aromatic amines is 1. The third-order valence-corrected chi connectivity index (χ3v) is 3.79. The molecule has 1 aromatic heterocycles. The van der Waals surface area contributed by atoms with Gasteiger partial charge < -0.3 is 10.7 Å². The highest BCUT2D eigenvalue weighted by Crippen LogP contribution is 2.28. The molecule has 3 N–H and O–H groups in total. The number of nitrogens with one attached hydrogen (secondary N) is 1. The maximum Gasteiger partial charge on any atom is 0.249 e. The summed E-state index contributed by atoms with van der Waals surface area (Å²) in [5.41, 5.74) is 10.3. The normalized spacial score (nSPS) is 11.2. The number of primary amides is 1. The summed E-state index contributed by atoms with van der Waals surface area (Å²) in [5.74, 6) is 0.0811. The van der Waals surface area contributed by atoms with Crippen LogP contribution in [-0.2, 0) is 0 Å². The lowest BCUT2D eigenvalue weighted by atomic mass is 9.99. The molecular formula is C18H18N2O. The smallest absolute Gasteiger partial charge is 0.249 e. The van der Waals surface area contributed by atoms with Crippen molar-refractivity contribution in [3.63, 3.8) is 0 Å². The van der Waals surface area contributed by atoms with Crippen LogP contribution in [0.5, 0.6) is 0 Å². The molecule has 0 unspecified atom stereocenters. The van der Waals surface area contributed by atoms with Crippen molar-refractivity contribution >= 4 is 16.8 Å². The van der Waals surface area contributed by atoms with Gasteiger partial charge in [0.15, 0.2) is 0 Å². The van der Waals surface area contributed by atoms with Crippen LogP contribution >= 0.6 is 0 Å². The first-order valence-electron chi connectivity index (χ1n) is 7.08. The van der Waals surface area contributed by atoms with Gasteiger partial charge >= 0.3 is 0 Å². The molecule has 3 nitrogen and oxygen atoms in total. The third-order valence-electron chi connectivity index (χ3n) is 3.79. The van der Waals surface area contributed by atoms with Crippen molar-refractivity contribution in [2.75, 3.05) is 0 Å². The molecule has 0 aliphatic rings. The number of amides is 1. The Bertz CT molecular complexity index is 815. The molecule has 21 heavy (non-hydrogen) atoms. The summed E-state index contributed by atoms with van der Waals surface area (Å²) in [6.07, 6.45) is 0. The van der Waals surface area contributed by atoms with Crippen LogP contribution in [0, 0.1) is 0 Å². The van der Waals surface area contributed by atoms with Crippen LogP contribution in [0.15, 0.2) is 48.5 Å². The Labute approximate surface area is 123 Å². The molecule has 0 spiro atoms. The van der Waals surface area contributed by atoms with Gasteiger partial charge in [-0.3, -0.25) is 4.79 Å². The van der Waals surface area contributed by atoms with Gasteiger partial charge in [-0.1, -0.05) is 38.1 Å². The lowest BCUT2D eigenvalue weighted by Crippen LogP contribution is -2.10. The molecule has 1 amide bonds. The van der Waals surface area contributed by atoms with Gasteiger partial charge in [-0.2, -0.15) is 0 Å². The second-order valence-electron chi connectivity index (χ2n) is 5.59. The van der Waals surface area contributed by atoms with Crippen molar-refractivity contribution < 1.29 is 4.79 Å². The zero-order valence-electron chi connectivity index (χ0n) is 12.2. The van der Waals surface area contributed by atoms with Crippen LogP contribution in [-0.4, -0.2) is 10.9 Å². The van der Waals surface area contributed by atoms with E-state index >= 15 is 0 Å². The molecular weight excluding hydrogens is 260 g/mol. The van der Waals surface area contributed by atoms with Gasteiger partial charge in [-0.15, -0.1) is 0 Å². The van der Waals surface area contributed by atoms with Crippen molar-refractivity contribution in [1.29, 1.82) is 0 Å². The highest BCUT2D eigenvalue weighted by Gasteiger charge is 2.11. The van der Waals surface area contributed by atoms with Crippen molar-refractivity contribution in [3.05, 3.63) is 59.7 Å². The number of rotatable bonds is 3. The van der Waals surface area contributed by atoms with Crippen molar-refractivity contribution in [2.24, 2.45) is 5.73 Å². The largest absolute Gasteiger partial charge is 0.366 e. The summed E-state index contributed by atoms with van der Waals surface area (Å²) in [6, 6.07) is 16.0. The molecule has 0 saturated heterocycles. The number of carbonyl (C=O) groups is 1. The lowest BCUT2D eigenvalue weighted by molar-refractivity contribution is 0.100. The Morgan fingerprint density at radius 3 is 2.57 bits per heavy atom. The molecule has 3 heteroatoms. The van der Waals surface area contributed by atoms with E-state index in [9.17, 15) is 4.79 Å². The molecule has 106 valence electrons. The van der Waals surface area contributed by atoms with Gasteiger partial charge in [0, 0.05) is 22.2 Å². The van der Waals surface area contributed by atoms with Gasteiger partial charge in [-0.25, -0.2) is 0 Å². The number of aromatic nitrogens is 1.